The molecule has 1 aromatic carbocycles. The summed E-state index contributed by atoms with van der Waals surface area (Å²) in [6, 6.07) is 6.23. The van der Waals surface area contributed by atoms with Gasteiger partial charge in [0.25, 0.3) is 11.8 Å². The lowest BCUT2D eigenvalue weighted by Gasteiger charge is -2.13. The summed E-state index contributed by atoms with van der Waals surface area (Å²) in [6.07, 6.45) is 0.524. The van der Waals surface area contributed by atoms with Crippen molar-refractivity contribution in [2.24, 2.45) is 0 Å². The number of fused-ring (bicyclic) bond motifs is 1. The Bertz CT molecular complexity index is 1080. The Morgan fingerprint density at radius 1 is 1.03 bits per heavy atom. The minimum atomic E-state index is -0.725. The van der Waals surface area contributed by atoms with Gasteiger partial charge in [0.1, 0.15) is 0 Å². The number of rotatable bonds is 9. The number of carbonyl (C=O) groups excluding carboxylic acids is 4. The van der Waals surface area contributed by atoms with Crippen LogP contribution in [0.1, 0.15) is 79.1 Å². The van der Waals surface area contributed by atoms with Crippen LogP contribution in [0, 0.1) is 13.8 Å². The third kappa shape index (κ3) is 4.36. The zero-order valence-electron chi connectivity index (χ0n) is 19.1. The maximum absolute atomic E-state index is 12.6. The van der Waals surface area contributed by atoms with Gasteiger partial charge in [0, 0.05) is 43.3 Å². The number of esters is 1. The molecule has 8 nitrogen and oxygen atoms in total. The van der Waals surface area contributed by atoms with Crippen molar-refractivity contribution in [1.29, 1.82) is 0 Å². The monoisotopic (exact) mass is 440 g/mol. The largest absolute Gasteiger partial charge is 0.454 e. The van der Waals surface area contributed by atoms with Crippen LogP contribution in [0.15, 0.2) is 24.3 Å². The van der Waals surface area contributed by atoms with Gasteiger partial charge >= 0.3 is 5.97 Å². The number of hydrogen-bond donors (Lipinski definition) is 0. The maximum Gasteiger partial charge on any atom is 0.338 e. The van der Waals surface area contributed by atoms with E-state index in [0.717, 1.165) is 16.3 Å². The highest BCUT2D eigenvalue weighted by molar-refractivity contribution is 6.22. The van der Waals surface area contributed by atoms with Gasteiger partial charge in [-0.15, -0.1) is 0 Å². The van der Waals surface area contributed by atoms with E-state index in [-0.39, 0.29) is 35.1 Å². The molecule has 0 aliphatic carbocycles. The topological polar surface area (TPSA) is 94.9 Å². The predicted molar refractivity (Wildman–Crippen MR) is 117 cm³/mol. The first-order valence-corrected chi connectivity index (χ1v) is 10.5. The third-order valence-corrected chi connectivity index (χ3v) is 5.57. The van der Waals surface area contributed by atoms with E-state index in [1.54, 1.807) is 13.2 Å². The molecule has 1 aliphatic rings. The van der Waals surface area contributed by atoms with Gasteiger partial charge in [-0.3, -0.25) is 19.3 Å². The molecule has 2 amide bonds. The number of aryl methyl sites for hydroxylation is 1. The number of hydrogen-bond acceptors (Lipinski definition) is 6. The molecule has 0 atom stereocenters. The fraction of sp³-hybridized carbons (Fsp3) is 0.417. The summed E-state index contributed by atoms with van der Waals surface area (Å²) in [4.78, 5) is 51.4. The van der Waals surface area contributed by atoms with E-state index in [4.69, 9.17) is 9.47 Å². The Labute approximate surface area is 187 Å². The zero-order valence-corrected chi connectivity index (χ0v) is 19.1. The summed E-state index contributed by atoms with van der Waals surface area (Å²) >= 11 is 0. The van der Waals surface area contributed by atoms with Crippen molar-refractivity contribution in [3.63, 3.8) is 0 Å². The molecule has 0 bridgehead atoms. The molecule has 0 saturated carbocycles. The van der Waals surface area contributed by atoms with Crippen LogP contribution in [0.5, 0.6) is 0 Å². The van der Waals surface area contributed by atoms with Crippen LogP contribution in [-0.2, 0) is 9.47 Å². The van der Waals surface area contributed by atoms with E-state index < -0.39 is 24.4 Å². The summed E-state index contributed by atoms with van der Waals surface area (Å²) in [5, 5.41) is 0. The highest BCUT2D eigenvalue weighted by Crippen LogP contribution is 2.25. The fourth-order valence-corrected chi connectivity index (χ4v) is 4.13. The van der Waals surface area contributed by atoms with E-state index in [2.05, 4.69) is 4.57 Å². The molecule has 0 N–H and O–H groups in total. The zero-order chi connectivity index (χ0) is 23.6. The van der Waals surface area contributed by atoms with Crippen molar-refractivity contribution >= 4 is 23.6 Å². The Kier molecular flexibility index (Phi) is 6.93. The summed E-state index contributed by atoms with van der Waals surface area (Å²) in [5.41, 5.74) is 2.84. The van der Waals surface area contributed by atoms with Crippen molar-refractivity contribution in [2.45, 2.75) is 40.2 Å². The van der Waals surface area contributed by atoms with Crippen LogP contribution in [0.2, 0.25) is 0 Å². The second kappa shape index (κ2) is 9.48. The Hall–Kier alpha value is -3.26. The van der Waals surface area contributed by atoms with Crippen molar-refractivity contribution in [3.05, 3.63) is 57.9 Å². The molecule has 0 radical (unpaired) electrons. The van der Waals surface area contributed by atoms with Crippen LogP contribution in [0.4, 0.5) is 0 Å². The van der Waals surface area contributed by atoms with Crippen LogP contribution < -0.4 is 0 Å². The molecule has 170 valence electrons. The first-order chi connectivity index (χ1) is 15.2. The van der Waals surface area contributed by atoms with Crippen LogP contribution in [-0.4, -0.2) is 59.9 Å². The molecule has 1 aromatic heterocycles. The van der Waals surface area contributed by atoms with Crippen molar-refractivity contribution < 1.29 is 28.7 Å². The summed E-state index contributed by atoms with van der Waals surface area (Å²) < 4.78 is 12.2. The number of imide groups is 1. The number of Topliss-reactive ketones (excluding diaryl/α,β-unsaturated/α-hetero) is 1. The normalized spacial score (nSPS) is 13.1. The molecule has 32 heavy (non-hydrogen) atoms. The standard InChI is InChI=1S/C24H28N2O6/c1-14(2)26-15(3)11-19(16(26)4)21(27)13-32-24(30)17-7-8-18-20(12-17)23(29)25(22(18)28)9-6-10-31-5/h7-8,11-12,14H,6,9-10,13H2,1-5H3. The maximum atomic E-state index is 12.6. The number of amides is 2. The van der Waals surface area contributed by atoms with Crippen molar-refractivity contribution in [1.82, 2.24) is 9.47 Å². The van der Waals surface area contributed by atoms with Gasteiger partial charge in [-0.05, 0) is 58.4 Å². The molecule has 0 unspecified atom stereocenters. The number of nitrogens with zero attached hydrogens (tertiary/aromatic N) is 2. The quantitative estimate of drug-likeness (QED) is 0.257. The van der Waals surface area contributed by atoms with Crippen LogP contribution in [0.3, 0.4) is 0 Å². The van der Waals surface area contributed by atoms with Gasteiger partial charge in [-0.2, -0.15) is 0 Å². The summed E-state index contributed by atoms with van der Waals surface area (Å²) in [6.45, 7) is 8.12. The number of benzene rings is 1. The molecule has 1 aliphatic heterocycles. The minimum Gasteiger partial charge on any atom is -0.454 e. The Morgan fingerprint density at radius 2 is 1.72 bits per heavy atom. The van der Waals surface area contributed by atoms with E-state index >= 15 is 0 Å². The average Bonchev–Trinajstić information content (AvgIpc) is 3.19. The predicted octanol–water partition coefficient (Wildman–Crippen LogP) is 3.36. The lowest BCUT2D eigenvalue weighted by Crippen LogP contribution is -2.31. The minimum absolute atomic E-state index is 0.115. The molecule has 3 rings (SSSR count). The highest BCUT2D eigenvalue weighted by Gasteiger charge is 2.35. The van der Waals surface area contributed by atoms with Gasteiger partial charge in [0.15, 0.2) is 6.61 Å². The molecule has 0 spiro atoms. The van der Waals surface area contributed by atoms with Crippen LogP contribution in [0.25, 0.3) is 0 Å². The summed E-state index contributed by atoms with van der Waals surface area (Å²) in [5.74, 6) is -1.86. The van der Waals surface area contributed by atoms with Gasteiger partial charge < -0.3 is 14.0 Å². The van der Waals surface area contributed by atoms with Gasteiger partial charge in [-0.1, -0.05) is 0 Å². The number of ether oxygens (including phenoxy) is 2. The molecule has 0 fully saturated rings. The van der Waals surface area contributed by atoms with Gasteiger partial charge in [0.2, 0.25) is 5.78 Å². The van der Waals surface area contributed by atoms with E-state index in [9.17, 15) is 19.2 Å². The molecule has 0 saturated heterocycles. The summed E-state index contributed by atoms with van der Waals surface area (Å²) in [7, 11) is 1.55. The first kappa shape index (κ1) is 23.4. The molecule has 8 heteroatoms. The second-order valence-electron chi connectivity index (χ2n) is 8.12. The molecular weight excluding hydrogens is 412 g/mol. The van der Waals surface area contributed by atoms with E-state index in [0.29, 0.717) is 18.6 Å². The lowest BCUT2D eigenvalue weighted by molar-refractivity contribution is 0.0474. The van der Waals surface area contributed by atoms with E-state index in [1.165, 1.54) is 18.2 Å². The third-order valence-electron chi connectivity index (χ3n) is 5.57. The first-order valence-electron chi connectivity index (χ1n) is 10.5. The van der Waals surface area contributed by atoms with Gasteiger partial charge in [-0.25, -0.2) is 4.79 Å². The van der Waals surface area contributed by atoms with Crippen molar-refractivity contribution in [3.8, 4) is 0 Å². The van der Waals surface area contributed by atoms with Crippen molar-refractivity contribution in [2.75, 3.05) is 26.9 Å². The number of aromatic nitrogens is 1. The van der Waals surface area contributed by atoms with Crippen LogP contribution >= 0.6 is 0 Å². The highest BCUT2D eigenvalue weighted by atomic mass is 16.5. The number of methoxy groups -OCH3 is 1. The SMILES string of the molecule is COCCCN1C(=O)c2ccc(C(=O)OCC(=O)c3cc(C)n(C(C)C)c3C)cc2C1=O. The number of ketones is 1. The Morgan fingerprint density at radius 3 is 2.34 bits per heavy atom. The lowest BCUT2D eigenvalue weighted by atomic mass is 10.1. The molecule has 2 heterocycles. The fourth-order valence-electron chi connectivity index (χ4n) is 4.13. The van der Waals surface area contributed by atoms with Gasteiger partial charge in [0.05, 0.1) is 16.7 Å². The second-order valence-corrected chi connectivity index (χ2v) is 8.12. The Balaban J connectivity index is 1.69. The molecule has 2 aromatic rings. The molecular formula is C24H28N2O6. The number of carbonyl (C=O) groups is 4. The van der Waals surface area contributed by atoms with E-state index in [1.807, 2.05) is 27.7 Å². The average molecular weight is 440 g/mol. The smallest absolute Gasteiger partial charge is 0.338 e.